The molecule has 1 aromatic carbocycles. The molecule has 2 rings (SSSR count). The maximum absolute atomic E-state index is 11.7. The lowest BCUT2D eigenvalue weighted by atomic mass is 10.0. The van der Waals surface area contributed by atoms with Gasteiger partial charge in [-0.1, -0.05) is 49.9 Å². The minimum absolute atomic E-state index is 0.0850. The lowest BCUT2D eigenvalue weighted by Crippen LogP contribution is -2.27. The lowest BCUT2D eigenvalue weighted by molar-refractivity contribution is -0.119. The summed E-state index contributed by atoms with van der Waals surface area (Å²) >= 11 is 1.33. The van der Waals surface area contributed by atoms with Crippen molar-refractivity contribution in [2.75, 3.05) is 22.9 Å². The summed E-state index contributed by atoms with van der Waals surface area (Å²) < 4.78 is 25.6. The first-order chi connectivity index (χ1) is 15.4. The van der Waals surface area contributed by atoms with Gasteiger partial charge in [0, 0.05) is 12.7 Å². The molecular weight excluding hydrogens is 464 g/mol. The SMILES string of the molecule is CC(=O)N[C@@H](C)c1ccc(CSc2nc(N[C@@H](CO)CC(C)C)nc(NS(C)(=O)=O)n2)cc1. The Morgan fingerprint density at radius 3 is 2.27 bits per heavy atom. The van der Waals surface area contributed by atoms with E-state index in [1.807, 2.05) is 45.0 Å². The summed E-state index contributed by atoms with van der Waals surface area (Å²) in [6, 6.07) is 7.46. The highest BCUT2D eigenvalue weighted by Crippen LogP contribution is 2.23. The molecule has 0 aliphatic rings. The number of aromatic nitrogens is 3. The first-order valence-corrected chi connectivity index (χ1v) is 13.4. The predicted molar refractivity (Wildman–Crippen MR) is 130 cm³/mol. The molecule has 2 atom stereocenters. The van der Waals surface area contributed by atoms with Gasteiger partial charge in [-0.25, -0.2) is 8.42 Å². The smallest absolute Gasteiger partial charge is 0.242 e. The fourth-order valence-electron chi connectivity index (χ4n) is 3.07. The van der Waals surface area contributed by atoms with E-state index in [1.165, 1.54) is 18.7 Å². The van der Waals surface area contributed by atoms with Crippen molar-refractivity contribution < 1.29 is 18.3 Å². The van der Waals surface area contributed by atoms with E-state index in [0.29, 0.717) is 23.2 Å². The number of anilines is 2. The maximum atomic E-state index is 11.7. The summed E-state index contributed by atoms with van der Waals surface area (Å²) in [4.78, 5) is 24.0. The summed E-state index contributed by atoms with van der Waals surface area (Å²) in [7, 11) is -3.57. The molecule has 0 aliphatic carbocycles. The van der Waals surface area contributed by atoms with Gasteiger partial charge in [0.2, 0.25) is 27.8 Å². The second-order valence-corrected chi connectivity index (χ2v) is 10.9. The van der Waals surface area contributed by atoms with Crippen LogP contribution in [0, 0.1) is 5.92 Å². The van der Waals surface area contributed by atoms with Gasteiger partial charge in [-0.3, -0.25) is 9.52 Å². The van der Waals surface area contributed by atoms with E-state index >= 15 is 0 Å². The molecule has 182 valence electrons. The molecule has 4 N–H and O–H groups in total. The number of thioether (sulfide) groups is 1. The Kier molecular flexibility index (Phi) is 9.87. The molecule has 0 saturated heterocycles. The Morgan fingerprint density at radius 1 is 1.09 bits per heavy atom. The number of carbonyl (C=O) groups is 1. The number of aliphatic hydroxyl groups excluding tert-OH is 1. The molecule has 0 radical (unpaired) electrons. The second kappa shape index (κ2) is 12.1. The largest absolute Gasteiger partial charge is 0.394 e. The van der Waals surface area contributed by atoms with E-state index in [-0.39, 0.29) is 36.5 Å². The fourth-order valence-corrected chi connectivity index (χ4v) is 4.28. The number of nitrogens with zero attached hydrogens (tertiary/aromatic N) is 3. The number of rotatable bonds is 12. The van der Waals surface area contributed by atoms with Crippen LogP contribution in [0.2, 0.25) is 0 Å². The molecule has 10 nitrogen and oxygen atoms in total. The number of nitrogens with one attached hydrogen (secondary N) is 3. The number of hydrogen-bond donors (Lipinski definition) is 4. The number of sulfonamides is 1. The van der Waals surface area contributed by atoms with Gasteiger partial charge in [0.25, 0.3) is 0 Å². The molecule has 2 aromatic rings. The molecule has 0 saturated carbocycles. The van der Waals surface area contributed by atoms with Gasteiger partial charge in [-0.05, 0) is 30.4 Å². The van der Waals surface area contributed by atoms with Gasteiger partial charge in [0.1, 0.15) is 0 Å². The lowest BCUT2D eigenvalue weighted by Gasteiger charge is -2.18. The molecule has 1 amide bonds. The number of hydrogen-bond acceptors (Lipinski definition) is 9. The zero-order chi connectivity index (χ0) is 24.6. The van der Waals surface area contributed by atoms with Crippen molar-refractivity contribution in [3.63, 3.8) is 0 Å². The molecule has 0 bridgehead atoms. The van der Waals surface area contributed by atoms with Crippen molar-refractivity contribution in [2.45, 2.75) is 57.1 Å². The van der Waals surface area contributed by atoms with Crippen molar-refractivity contribution in [1.29, 1.82) is 0 Å². The van der Waals surface area contributed by atoms with Gasteiger partial charge < -0.3 is 15.7 Å². The first kappa shape index (κ1) is 26.8. The van der Waals surface area contributed by atoms with Crippen LogP contribution >= 0.6 is 11.8 Å². The van der Waals surface area contributed by atoms with Crippen LogP contribution in [-0.4, -0.2) is 53.3 Å². The molecule has 12 heteroatoms. The Balaban J connectivity index is 2.17. The second-order valence-electron chi connectivity index (χ2n) is 8.25. The third kappa shape index (κ3) is 9.93. The van der Waals surface area contributed by atoms with Crippen LogP contribution < -0.4 is 15.4 Å². The van der Waals surface area contributed by atoms with Crippen LogP contribution in [0.4, 0.5) is 11.9 Å². The highest BCUT2D eigenvalue weighted by Gasteiger charge is 2.15. The van der Waals surface area contributed by atoms with Crippen molar-refractivity contribution in [3.8, 4) is 0 Å². The van der Waals surface area contributed by atoms with Gasteiger partial charge in [0.05, 0.1) is 24.9 Å². The molecule has 1 aromatic heterocycles. The molecule has 0 unspecified atom stereocenters. The number of benzene rings is 1. The van der Waals surface area contributed by atoms with E-state index in [9.17, 15) is 18.3 Å². The topological polar surface area (TPSA) is 146 Å². The monoisotopic (exact) mass is 496 g/mol. The van der Waals surface area contributed by atoms with Crippen LogP contribution in [0.1, 0.15) is 51.3 Å². The summed E-state index contributed by atoms with van der Waals surface area (Å²) in [5, 5.41) is 15.9. The van der Waals surface area contributed by atoms with Gasteiger partial charge in [-0.2, -0.15) is 15.0 Å². The van der Waals surface area contributed by atoms with E-state index in [2.05, 4.69) is 30.3 Å². The summed E-state index contributed by atoms with van der Waals surface area (Å²) in [6.45, 7) is 7.37. The molecule has 1 heterocycles. The number of amides is 1. The van der Waals surface area contributed by atoms with Crippen molar-refractivity contribution >= 4 is 39.6 Å². The summed E-state index contributed by atoms with van der Waals surface area (Å²) in [5.74, 6) is 0.912. The maximum Gasteiger partial charge on any atom is 0.242 e. The third-order valence-corrected chi connectivity index (χ3v) is 5.94. The normalized spacial score (nSPS) is 13.4. The summed E-state index contributed by atoms with van der Waals surface area (Å²) in [6.07, 6.45) is 1.72. The molecule has 0 fully saturated rings. The molecule has 0 spiro atoms. The first-order valence-electron chi connectivity index (χ1n) is 10.5. The van der Waals surface area contributed by atoms with Gasteiger partial charge in [0.15, 0.2) is 5.16 Å². The van der Waals surface area contributed by atoms with Crippen LogP contribution in [0.3, 0.4) is 0 Å². The van der Waals surface area contributed by atoms with E-state index in [4.69, 9.17) is 0 Å². The van der Waals surface area contributed by atoms with Crippen LogP contribution in [0.15, 0.2) is 29.4 Å². The van der Waals surface area contributed by atoms with Crippen LogP contribution in [0.5, 0.6) is 0 Å². The zero-order valence-corrected chi connectivity index (χ0v) is 21.1. The van der Waals surface area contributed by atoms with Gasteiger partial charge in [-0.15, -0.1) is 0 Å². The predicted octanol–water partition coefficient (Wildman–Crippen LogP) is 2.55. The van der Waals surface area contributed by atoms with Crippen LogP contribution in [-0.2, 0) is 20.6 Å². The average molecular weight is 497 g/mol. The Bertz CT molecular complexity index is 1030. The quantitative estimate of drug-likeness (QED) is 0.326. The highest BCUT2D eigenvalue weighted by atomic mass is 32.2. The summed E-state index contributed by atoms with van der Waals surface area (Å²) in [5.41, 5.74) is 2.00. The van der Waals surface area contributed by atoms with E-state index in [1.54, 1.807) is 0 Å². The minimum atomic E-state index is -3.57. The standard InChI is InChI=1S/C21H32N6O4S2/c1-13(2)10-18(11-28)23-19-24-20(27-33(5,30)31)26-21(25-19)32-12-16-6-8-17(9-7-16)14(3)22-15(4)29/h6-9,13-14,18,28H,10-12H2,1-5H3,(H,22,29)(H2,23,24,25,26,27)/t14-,18+/m0/s1. The average Bonchev–Trinajstić information content (AvgIpc) is 2.70. The van der Waals surface area contributed by atoms with Crippen molar-refractivity contribution in [2.24, 2.45) is 5.92 Å². The molecule has 0 aliphatic heterocycles. The molecule has 33 heavy (non-hydrogen) atoms. The molecular formula is C21H32N6O4S2. The number of aliphatic hydroxyl groups is 1. The Labute approximate surface area is 199 Å². The Hall–Kier alpha value is -2.44. The van der Waals surface area contributed by atoms with Crippen molar-refractivity contribution in [3.05, 3.63) is 35.4 Å². The Morgan fingerprint density at radius 2 is 1.73 bits per heavy atom. The highest BCUT2D eigenvalue weighted by molar-refractivity contribution is 7.98. The number of carbonyl (C=O) groups excluding carboxylic acids is 1. The van der Waals surface area contributed by atoms with Crippen molar-refractivity contribution in [1.82, 2.24) is 20.3 Å². The zero-order valence-electron chi connectivity index (χ0n) is 19.5. The van der Waals surface area contributed by atoms with E-state index in [0.717, 1.165) is 17.4 Å². The van der Waals surface area contributed by atoms with Crippen LogP contribution in [0.25, 0.3) is 0 Å². The van der Waals surface area contributed by atoms with Gasteiger partial charge >= 0.3 is 0 Å². The minimum Gasteiger partial charge on any atom is -0.394 e. The van der Waals surface area contributed by atoms with E-state index < -0.39 is 10.0 Å². The fraction of sp³-hybridized carbons (Fsp3) is 0.524. The third-order valence-electron chi connectivity index (χ3n) is 4.47.